The lowest BCUT2D eigenvalue weighted by Crippen LogP contribution is -2.36. The number of nitrogens with one attached hydrogen (secondary N) is 1. The number of amides is 1. The van der Waals surface area contributed by atoms with Gasteiger partial charge in [-0.25, -0.2) is 0 Å². The van der Waals surface area contributed by atoms with Crippen molar-refractivity contribution in [3.8, 4) is 0 Å². The average Bonchev–Trinajstić information content (AvgIpc) is 2.62. The highest BCUT2D eigenvalue weighted by atomic mass is 16.1. The lowest BCUT2D eigenvalue weighted by atomic mass is 10.2. The molecule has 3 atom stereocenters. The number of rotatable bonds is 3. The molecule has 11 heavy (non-hydrogen) atoms. The highest BCUT2D eigenvalue weighted by Gasteiger charge is 2.47. The Morgan fingerprint density at radius 1 is 1.55 bits per heavy atom. The van der Waals surface area contributed by atoms with Gasteiger partial charge < -0.3 is 11.1 Å². The van der Waals surface area contributed by atoms with Gasteiger partial charge in [-0.2, -0.15) is 0 Å². The van der Waals surface area contributed by atoms with Crippen molar-refractivity contribution in [2.24, 2.45) is 17.6 Å². The maximum atomic E-state index is 10.4. The molecule has 0 aliphatic heterocycles. The Hall–Kier alpha value is -0.570. The topological polar surface area (TPSA) is 55.1 Å². The molecule has 0 spiro atoms. The predicted molar refractivity (Wildman–Crippen MR) is 41.8 cm³/mol. The first-order valence-corrected chi connectivity index (χ1v) is 4.29. The maximum absolute atomic E-state index is 10.4. The molecule has 3 heteroatoms. The Kier molecular flexibility index (Phi) is 1.60. The van der Waals surface area contributed by atoms with E-state index >= 15 is 0 Å². The molecule has 0 aromatic rings. The van der Waals surface area contributed by atoms with Gasteiger partial charge in [0.25, 0.3) is 0 Å². The van der Waals surface area contributed by atoms with Crippen LogP contribution >= 0.6 is 0 Å². The van der Waals surface area contributed by atoms with Gasteiger partial charge >= 0.3 is 0 Å². The molecule has 3 N–H and O–H groups in total. The molecule has 3 nitrogen and oxygen atoms in total. The Labute approximate surface area is 66.3 Å². The summed E-state index contributed by atoms with van der Waals surface area (Å²) in [5.41, 5.74) is 5.03. The molecule has 0 bridgehead atoms. The monoisotopic (exact) mass is 154 g/mol. The normalized spacial score (nSPS) is 40.2. The van der Waals surface area contributed by atoms with Crippen LogP contribution in [0.3, 0.4) is 0 Å². The fraction of sp³-hybridized carbons (Fsp3) is 0.875. The van der Waals surface area contributed by atoms with Gasteiger partial charge in [-0.3, -0.25) is 4.79 Å². The zero-order chi connectivity index (χ0) is 7.84. The lowest BCUT2D eigenvalue weighted by molar-refractivity contribution is -0.117. The van der Waals surface area contributed by atoms with Crippen LogP contribution in [0.5, 0.6) is 0 Å². The van der Waals surface area contributed by atoms with Gasteiger partial charge in [0.05, 0.1) is 6.54 Å². The number of carbonyl (C=O) groups excluding carboxylic acids is 1. The van der Waals surface area contributed by atoms with Crippen LogP contribution in [-0.2, 0) is 4.79 Å². The summed E-state index contributed by atoms with van der Waals surface area (Å²) in [7, 11) is 0. The van der Waals surface area contributed by atoms with Crippen molar-refractivity contribution in [1.29, 1.82) is 0 Å². The number of hydrogen-bond acceptors (Lipinski definition) is 2. The Morgan fingerprint density at radius 3 is 2.82 bits per heavy atom. The molecular formula is C8H14N2O. The van der Waals surface area contributed by atoms with Crippen LogP contribution in [0.1, 0.15) is 19.3 Å². The minimum absolute atomic E-state index is 0.242. The SMILES string of the molecule is NC(=O)CNC1CC[C@@H]2C[C@H]12. The summed E-state index contributed by atoms with van der Waals surface area (Å²) in [6, 6.07) is 0.590. The van der Waals surface area contributed by atoms with Crippen LogP contribution in [-0.4, -0.2) is 18.5 Å². The third-order valence-corrected chi connectivity index (χ3v) is 2.88. The van der Waals surface area contributed by atoms with Gasteiger partial charge in [-0.1, -0.05) is 0 Å². The van der Waals surface area contributed by atoms with Crippen molar-refractivity contribution in [3.63, 3.8) is 0 Å². The van der Waals surface area contributed by atoms with E-state index in [0.29, 0.717) is 12.6 Å². The van der Waals surface area contributed by atoms with Crippen molar-refractivity contribution in [3.05, 3.63) is 0 Å². The van der Waals surface area contributed by atoms with Crippen LogP contribution in [0.2, 0.25) is 0 Å². The van der Waals surface area contributed by atoms with Gasteiger partial charge in [0, 0.05) is 6.04 Å². The summed E-state index contributed by atoms with van der Waals surface area (Å²) in [6.07, 6.45) is 3.96. The standard InChI is InChI=1S/C8H14N2O/c9-8(11)4-10-7-2-1-5-3-6(5)7/h5-7,10H,1-4H2,(H2,9,11)/t5-,6+,7?/m1/s1. The second-order valence-electron chi connectivity index (χ2n) is 3.69. The third kappa shape index (κ3) is 1.38. The lowest BCUT2D eigenvalue weighted by Gasteiger charge is -2.11. The van der Waals surface area contributed by atoms with Crippen molar-refractivity contribution in [1.82, 2.24) is 5.32 Å². The van der Waals surface area contributed by atoms with Crippen LogP contribution < -0.4 is 11.1 Å². The molecule has 1 unspecified atom stereocenters. The van der Waals surface area contributed by atoms with Gasteiger partial charge in [0.2, 0.25) is 5.91 Å². The summed E-state index contributed by atoms with van der Waals surface area (Å²) in [5.74, 6) is 1.60. The fourth-order valence-corrected chi connectivity index (χ4v) is 2.19. The van der Waals surface area contributed by atoms with E-state index in [-0.39, 0.29) is 5.91 Å². The minimum atomic E-state index is -0.242. The Balaban J connectivity index is 1.74. The van der Waals surface area contributed by atoms with E-state index in [1.165, 1.54) is 19.3 Å². The predicted octanol–water partition coefficient (Wildman–Crippen LogP) is -0.140. The first-order valence-electron chi connectivity index (χ1n) is 4.29. The largest absolute Gasteiger partial charge is 0.369 e. The van der Waals surface area contributed by atoms with Crippen LogP contribution in [0.15, 0.2) is 0 Å². The Morgan fingerprint density at radius 2 is 2.36 bits per heavy atom. The number of carbonyl (C=O) groups is 1. The first-order chi connectivity index (χ1) is 5.27. The summed E-state index contributed by atoms with van der Waals surface area (Å²) in [5, 5.41) is 3.20. The zero-order valence-electron chi connectivity index (χ0n) is 6.55. The molecule has 2 fully saturated rings. The summed E-state index contributed by atoms with van der Waals surface area (Å²) < 4.78 is 0. The highest BCUT2D eigenvalue weighted by molar-refractivity contribution is 5.75. The summed E-state index contributed by atoms with van der Waals surface area (Å²) >= 11 is 0. The average molecular weight is 154 g/mol. The first kappa shape index (κ1) is 7.10. The van der Waals surface area contributed by atoms with E-state index in [4.69, 9.17) is 5.73 Å². The van der Waals surface area contributed by atoms with Crippen LogP contribution in [0, 0.1) is 11.8 Å². The van der Waals surface area contributed by atoms with Gasteiger partial charge in [0.15, 0.2) is 0 Å². The molecule has 0 heterocycles. The molecule has 2 aliphatic carbocycles. The van der Waals surface area contributed by atoms with E-state index < -0.39 is 0 Å². The molecule has 1 amide bonds. The van der Waals surface area contributed by atoms with Crippen molar-refractivity contribution < 1.29 is 4.79 Å². The molecular weight excluding hydrogens is 140 g/mol. The Bertz CT molecular complexity index is 181. The summed E-state index contributed by atoms with van der Waals surface area (Å²) in [6.45, 7) is 0.355. The van der Waals surface area contributed by atoms with E-state index in [1.807, 2.05) is 0 Å². The fourth-order valence-electron chi connectivity index (χ4n) is 2.19. The summed E-state index contributed by atoms with van der Waals surface area (Å²) in [4.78, 5) is 10.4. The van der Waals surface area contributed by atoms with Crippen molar-refractivity contribution in [2.45, 2.75) is 25.3 Å². The highest BCUT2D eigenvalue weighted by Crippen LogP contribution is 2.51. The van der Waals surface area contributed by atoms with Gasteiger partial charge in [-0.05, 0) is 31.1 Å². The van der Waals surface area contributed by atoms with E-state index in [0.717, 1.165) is 11.8 Å². The minimum Gasteiger partial charge on any atom is -0.369 e. The second-order valence-corrected chi connectivity index (χ2v) is 3.69. The molecule has 0 radical (unpaired) electrons. The van der Waals surface area contributed by atoms with Crippen molar-refractivity contribution in [2.75, 3.05) is 6.54 Å². The number of nitrogens with two attached hydrogens (primary N) is 1. The molecule has 0 saturated heterocycles. The molecule has 2 aliphatic rings. The quantitative estimate of drug-likeness (QED) is 0.594. The number of hydrogen-bond donors (Lipinski definition) is 2. The molecule has 0 aromatic carbocycles. The maximum Gasteiger partial charge on any atom is 0.231 e. The molecule has 62 valence electrons. The van der Waals surface area contributed by atoms with E-state index in [9.17, 15) is 4.79 Å². The van der Waals surface area contributed by atoms with Crippen LogP contribution in [0.4, 0.5) is 0 Å². The zero-order valence-corrected chi connectivity index (χ0v) is 6.55. The van der Waals surface area contributed by atoms with Gasteiger partial charge in [0.1, 0.15) is 0 Å². The molecule has 0 aromatic heterocycles. The third-order valence-electron chi connectivity index (χ3n) is 2.88. The van der Waals surface area contributed by atoms with Crippen LogP contribution in [0.25, 0.3) is 0 Å². The second kappa shape index (κ2) is 2.48. The van der Waals surface area contributed by atoms with E-state index in [1.54, 1.807) is 0 Å². The smallest absolute Gasteiger partial charge is 0.231 e. The van der Waals surface area contributed by atoms with Gasteiger partial charge in [-0.15, -0.1) is 0 Å². The molecule has 2 saturated carbocycles. The number of primary amides is 1. The number of fused-ring (bicyclic) bond motifs is 1. The molecule has 2 rings (SSSR count). The van der Waals surface area contributed by atoms with Crippen molar-refractivity contribution >= 4 is 5.91 Å². The van der Waals surface area contributed by atoms with E-state index in [2.05, 4.69) is 5.32 Å².